The van der Waals surface area contributed by atoms with Crippen LogP contribution in [0.2, 0.25) is 5.02 Å². The summed E-state index contributed by atoms with van der Waals surface area (Å²) in [5, 5.41) is 12.0. The number of aromatic nitrogens is 1. The van der Waals surface area contributed by atoms with Crippen LogP contribution in [0, 0.1) is 29.4 Å². The number of esters is 1. The van der Waals surface area contributed by atoms with Gasteiger partial charge in [-0.1, -0.05) is 41.0 Å². The van der Waals surface area contributed by atoms with E-state index in [-0.39, 0.29) is 29.5 Å². The molecule has 0 aliphatic carbocycles. The Morgan fingerprint density at radius 3 is 2.66 bits per heavy atom. The van der Waals surface area contributed by atoms with Crippen LogP contribution in [0.3, 0.4) is 0 Å². The predicted octanol–water partition coefficient (Wildman–Crippen LogP) is 4.08. The van der Waals surface area contributed by atoms with Gasteiger partial charge < -0.3 is 14.2 Å². The van der Waals surface area contributed by atoms with Crippen molar-refractivity contribution in [2.75, 3.05) is 19.8 Å². The molecule has 1 aromatic heterocycles. The lowest BCUT2D eigenvalue weighted by atomic mass is 9.94. The van der Waals surface area contributed by atoms with E-state index in [1.165, 1.54) is 10.6 Å². The summed E-state index contributed by atoms with van der Waals surface area (Å²) in [6, 6.07) is 6.92. The van der Waals surface area contributed by atoms with Crippen molar-refractivity contribution >= 4 is 40.7 Å². The molecule has 1 atom stereocenters. The number of hydrogen-bond donors (Lipinski definition) is 0. The van der Waals surface area contributed by atoms with E-state index in [4.69, 9.17) is 32.2 Å². The molecule has 0 saturated heterocycles. The number of hydrogen-bond acceptors (Lipinski definition) is 9. The summed E-state index contributed by atoms with van der Waals surface area (Å²) in [4.78, 5) is 43.1. The predicted molar refractivity (Wildman–Crippen MR) is 155 cm³/mol. The Kier molecular flexibility index (Phi) is 8.95. The van der Waals surface area contributed by atoms with E-state index in [1.54, 1.807) is 51.1 Å². The molecule has 0 unspecified atom stereocenters. The quantitative estimate of drug-likeness (QED) is 0.158. The monoisotopic (exact) mass is 595 g/mol. The molecule has 10 nitrogen and oxygen atoms in total. The third-order valence-corrected chi connectivity index (χ3v) is 7.46. The number of nitro groups is 1. The molecule has 0 saturated carbocycles. The molecule has 0 amide bonds. The van der Waals surface area contributed by atoms with Gasteiger partial charge in [0.05, 0.1) is 45.0 Å². The Balaban J connectivity index is 1.94. The van der Waals surface area contributed by atoms with Gasteiger partial charge in [-0.15, -0.1) is 6.42 Å². The van der Waals surface area contributed by atoms with Crippen LogP contribution in [0.1, 0.15) is 43.5 Å². The van der Waals surface area contributed by atoms with Crippen LogP contribution in [0.5, 0.6) is 11.5 Å². The van der Waals surface area contributed by atoms with E-state index in [0.717, 1.165) is 11.3 Å². The molecule has 1 aliphatic heterocycles. The highest BCUT2D eigenvalue weighted by atomic mass is 35.5. The second kappa shape index (κ2) is 12.4. The highest BCUT2D eigenvalue weighted by Gasteiger charge is 2.34. The largest absolute Gasteiger partial charge is 0.490 e. The lowest BCUT2D eigenvalue weighted by Crippen LogP contribution is -2.40. The summed E-state index contributed by atoms with van der Waals surface area (Å²) in [7, 11) is 0. The van der Waals surface area contributed by atoms with Gasteiger partial charge in [-0.3, -0.25) is 19.5 Å². The first-order valence-corrected chi connectivity index (χ1v) is 13.8. The summed E-state index contributed by atoms with van der Waals surface area (Å²) in [6.07, 6.45) is 6.94. The minimum atomic E-state index is -0.992. The molecular formula is C29H26ClN3O7S. The summed E-state index contributed by atoms with van der Waals surface area (Å²) in [5.41, 5.74) is 1.28. The highest BCUT2D eigenvalue weighted by molar-refractivity contribution is 7.07. The molecule has 1 aliphatic rings. The number of thiazole rings is 1. The molecule has 4 rings (SSSR count). The van der Waals surface area contributed by atoms with Crippen molar-refractivity contribution in [2.24, 2.45) is 4.99 Å². The number of carbonyl (C=O) groups is 1. The molecule has 41 heavy (non-hydrogen) atoms. The molecule has 212 valence electrons. The van der Waals surface area contributed by atoms with Crippen molar-refractivity contribution in [3.63, 3.8) is 0 Å². The minimum Gasteiger partial charge on any atom is -0.490 e. The van der Waals surface area contributed by atoms with Crippen LogP contribution in [0.4, 0.5) is 5.69 Å². The van der Waals surface area contributed by atoms with Gasteiger partial charge in [-0.25, -0.2) is 9.79 Å². The number of allylic oxidation sites excluding steroid dienone is 1. The fraction of sp³-hybridized carbons (Fsp3) is 0.276. The zero-order valence-electron chi connectivity index (χ0n) is 22.7. The van der Waals surface area contributed by atoms with E-state index < -0.39 is 22.5 Å². The SMILES string of the molecule is C#CCOc1c(Cl)cc(/C=c2/sc3n(c2=O)[C@H](c2ccc(C)c([N+](=O)[O-])c2)C(C(=O)OCC)=C(C)N=3)cc1OCC. The number of aryl methyl sites for hydroxylation is 1. The topological polar surface area (TPSA) is 122 Å². The van der Waals surface area contributed by atoms with Gasteiger partial charge in [0.25, 0.3) is 11.2 Å². The maximum atomic E-state index is 13.9. The Labute approximate surface area is 244 Å². The third-order valence-electron chi connectivity index (χ3n) is 6.19. The number of halogens is 1. The number of benzene rings is 2. The first kappa shape index (κ1) is 29.6. The molecule has 2 aromatic carbocycles. The molecule has 0 spiro atoms. The number of fused-ring (bicyclic) bond motifs is 1. The summed E-state index contributed by atoms with van der Waals surface area (Å²) >= 11 is 7.58. The number of carbonyl (C=O) groups excluding carboxylic acids is 1. The Morgan fingerprint density at radius 2 is 2.00 bits per heavy atom. The van der Waals surface area contributed by atoms with Crippen LogP contribution >= 0.6 is 22.9 Å². The van der Waals surface area contributed by atoms with Crippen LogP contribution in [-0.2, 0) is 9.53 Å². The molecule has 2 heterocycles. The van der Waals surface area contributed by atoms with Crippen LogP contribution < -0.4 is 24.4 Å². The number of rotatable bonds is 9. The van der Waals surface area contributed by atoms with E-state index in [0.29, 0.717) is 49.8 Å². The van der Waals surface area contributed by atoms with Crippen molar-refractivity contribution in [3.8, 4) is 23.8 Å². The van der Waals surface area contributed by atoms with E-state index in [9.17, 15) is 19.7 Å². The number of nitrogens with zero attached hydrogens (tertiary/aromatic N) is 3. The Morgan fingerprint density at radius 1 is 1.24 bits per heavy atom. The van der Waals surface area contributed by atoms with Crippen LogP contribution in [0.15, 0.2) is 51.4 Å². The van der Waals surface area contributed by atoms with Crippen molar-refractivity contribution in [2.45, 2.75) is 33.7 Å². The molecule has 0 N–H and O–H groups in total. The van der Waals surface area contributed by atoms with Crippen molar-refractivity contribution in [1.82, 2.24) is 4.57 Å². The van der Waals surface area contributed by atoms with Gasteiger partial charge in [-0.2, -0.15) is 0 Å². The fourth-order valence-corrected chi connectivity index (χ4v) is 5.76. The van der Waals surface area contributed by atoms with Gasteiger partial charge in [-0.05, 0) is 57.0 Å². The fourth-order valence-electron chi connectivity index (χ4n) is 4.44. The third kappa shape index (κ3) is 5.89. The maximum absolute atomic E-state index is 13.9. The zero-order valence-corrected chi connectivity index (χ0v) is 24.3. The normalized spacial score (nSPS) is 14.6. The van der Waals surface area contributed by atoms with Crippen molar-refractivity contribution in [3.05, 3.63) is 93.1 Å². The molecule has 0 bridgehead atoms. The Hall–Kier alpha value is -4.40. The number of ether oxygens (including phenoxy) is 3. The maximum Gasteiger partial charge on any atom is 0.338 e. The first-order chi connectivity index (χ1) is 19.6. The number of nitro benzene ring substituents is 1. The average molecular weight is 596 g/mol. The van der Waals surface area contributed by atoms with Crippen LogP contribution in [-0.4, -0.2) is 35.3 Å². The second-order valence-electron chi connectivity index (χ2n) is 8.86. The molecule has 3 aromatic rings. The molecular weight excluding hydrogens is 570 g/mol. The molecule has 0 fully saturated rings. The van der Waals surface area contributed by atoms with Gasteiger partial charge >= 0.3 is 5.97 Å². The van der Waals surface area contributed by atoms with Crippen molar-refractivity contribution < 1.29 is 23.9 Å². The van der Waals surface area contributed by atoms with Gasteiger partial charge in [0.1, 0.15) is 6.61 Å². The lowest BCUT2D eigenvalue weighted by molar-refractivity contribution is -0.385. The lowest BCUT2D eigenvalue weighted by Gasteiger charge is -2.24. The summed E-state index contributed by atoms with van der Waals surface area (Å²) in [5.74, 6) is 2.38. The molecule has 0 radical (unpaired) electrons. The van der Waals surface area contributed by atoms with Gasteiger partial charge in [0.15, 0.2) is 16.3 Å². The van der Waals surface area contributed by atoms with E-state index in [2.05, 4.69) is 10.9 Å². The van der Waals surface area contributed by atoms with E-state index >= 15 is 0 Å². The smallest absolute Gasteiger partial charge is 0.338 e. The Bertz CT molecular complexity index is 1800. The van der Waals surface area contributed by atoms with E-state index in [1.807, 2.05) is 6.92 Å². The van der Waals surface area contributed by atoms with Crippen molar-refractivity contribution in [1.29, 1.82) is 0 Å². The minimum absolute atomic E-state index is 0.00291. The summed E-state index contributed by atoms with van der Waals surface area (Å²) in [6.45, 7) is 7.17. The second-order valence-corrected chi connectivity index (χ2v) is 10.3. The number of terminal acetylenes is 1. The highest BCUT2D eigenvalue weighted by Crippen LogP contribution is 2.37. The standard InChI is InChI=1S/C29H26ClN3O7S/c1-6-11-40-26-20(30)12-18(13-22(26)38-7-2)14-23-27(34)32-25(19-10-9-16(4)21(15-19)33(36)37)24(28(35)39-8-3)17(5)31-29(32)41-23/h1,9-10,12-15,25H,7-8,11H2,2-5H3/b23-14+/t25-/m1/s1. The average Bonchev–Trinajstić information content (AvgIpc) is 3.22. The van der Waals surface area contributed by atoms with Gasteiger partial charge in [0.2, 0.25) is 0 Å². The van der Waals surface area contributed by atoms with Gasteiger partial charge in [0, 0.05) is 11.6 Å². The first-order valence-electron chi connectivity index (χ1n) is 12.6. The molecule has 12 heteroatoms. The zero-order chi connectivity index (χ0) is 29.8. The van der Waals surface area contributed by atoms with Crippen LogP contribution in [0.25, 0.3) is 6.08 Å². The summed E-state index contributed by atoms with van der Waals surface area (Å²) < 4.78 is 18.2.